The molecule has 2 heterocycles. The van der Waals surface area contributed by atoms with Crippen LogP contribution in [0.5, 0.6) is 11.6 Å². The number of ether oxygens (including phenoxy) is 1. The van der Waals surface area contributed by atoms with Gasteiger partial charge in [-0.25, -0.2) is 14.2 Å². The zero-order chi connectivity index (χ0) is 19.1. The Labute approximate surface area is 156 Å². The highest BCUT2D eigenvalue weighted by molar-refractivity contribution is 5.73. The van der Waals surface area contributed by atoms with Crippen molar-refractivity contribution in [1.82, 2.24) is 20.2 Å². The summed E-state index contributed by atoms with van der Waals surface area (Å²) >= 11 is 0. The molecule has 6 nitrogen and oxygen atoms in total. The molecule has 2 aromatic heterocycles. The van der Waals surface area contributed by atoms with E-state index >= 15 is 0 Å². The van der Waals surface area contributed by atoms with E-state index in [4.69, 9.17) is 4.74 Å². The molecule has 0 spiro atoms. The van der Waals surface area contributed by atoms with Gasteiger partial charge in [0.25, 0.3) is 0 Å². The summed E-state index contributed by atoms with van der Waals surface area (Å²) in [4.78, 5) is 22.0. The van der Waals surface area contributed by atoms with Crippen LogP contribution in [0.3, 0.4) is 0 Å². The van der Waals surface area contributed by atoms with Crippen molar-refractivity contribution in [3.8, 4) is 11.6 Å². The van der Waals surface area contributed by atoms with E-state index in [0.29, 0.717) is 23.7 Å². The third-order valence-corrected chi connectivity index (χ3v) is 3.81. The van der Waals surface area contributed by atoms with Crippen molar-refractivity contribution in [1.29, 1.82) is 0 Å². The largest absolute Gasteiger partial charge is 0.439 e. The van der Waals surface area contributed by atoms with Gasteiger partial charge in [0.2, 0.25) is 5.88 Å². The lowest BCUT2D eigenvalue weighted by atomic mass is 10.2. The minimum absolute atomic E-state index is 0.229. The van der Waals surface area contributed by atoms with E-state index in [-0.39, 0.29) is 12.6 Å². The van der Waals surface area contributed by atoms with Gasteiger partial charge in [0.05, 0.1) is 0 Å². The Morgan fingerprint density at radius 2 is 1.96 bits per heavy atom. The van der Waals surface area contributed by atoms with Gasteiger partial charge in [-0.05, 0) is 35.9 Å². The molecule has 0 atom stereocenters. The second-order valence-corrected chi connectivity index (χ2v) is 5.90. The molecular weight excluding hydrogens is 347 g/mol. The maximum Gasteiger partial charge on any atom is 0.317 e. The highest BCUT2D eigenvalue weighted by atomic mass is 19.1. The highest BCUT2D eigenvalue weighted by Gasteiger charge is 2.12. The van der Waals surface area contributed by atoms with Crippen LogP contribution in [0.4, 0.5) is 9.18 Å². The number of nitrogens with zero attached hydrogens (tertiary/aromatic N) is 3. The zero-order valence-electron chi connectivity index (χ0n) is 14.8. The monoisotopic (exact) mass is 366 g/mol. The van der Waals surface area contributed by atoms with Crippen molar-refractivity contribution in [2.24, 2.45) is 0 Å². The van der Waals surface area contributed by atoms with Crippen LogP contribution in [0.2, 0.25) is 0 Å². The van der Waals surface area contributed by atoms with Crippen molar-refractivity contribution < 1.29 is 13.9 Å². The molecule has 27 heavy (non-hydrogen) atoms. The Bertz CT molecular complexity index is 905. The first-order valence-electron chi connectivity index (χ1n) is 8.37. The molecule has 7 heteroatoms. The summed E-state index contributed by atoms with van der Waals surface area (Å²) in [7, 11) is 1.71. The Morgan fingerprint density at radius 3 is 2.74 bits per heavy atom. The van der Waals surface area contributed by atoms with Gasteiger partial charge < -0.3 is 15.0 Å². The van der Waals surface area contributed by atoms with E-state index in [1.807, 2.05) is 12.1 Å². The molecule has 3 rings (SSSR count). The second kappa shape index (κ2) is 8.75. The summed E-state index contributed by atoms with van der Waals surface area (Å²) in [6.07, 6.45) is 4.95. The summed E-state index contributed by atoms with van der Waals surface area (Å²) in [6.45, 7) is 0.700. The number of carbonyl (C=O) groups is 1. The highest BCUT2D eigenvalue weighted by Crippen LogP contribution is 2.23. The molecule has 0 fully saturated rings. The second-order valence-electron chi connectivity index (χ2n) is 5.90. The number of nitrogens with one attached hydrogen (secondary N) is 1. The van der Waals surface area contributed by atoms with E-state index in [0.717, 1.165) is 5.56 Å². The number of aromatic nitrogens is 2. The molecule has 0 saturated carbocycles. The molecule has 138 valence electrons. The van der Waals surface area contributed by atoms with Crippen LogP contribution in [0.25, 0.3) is 0 Å². The first-order chi connectivity index (χ1) is 13.1. The normalized spacial score (nSPS) is 10.3. The fourth-order valence-electron chi connectivity index (χ4n) is 2.43. The molecule has 0 bridgehead atoms. The summed E-state index contributed by atoms with van der Waals surface area (Å²) in [5.74, 6) is 0.271. The number of benzene rings is 1. The number of hydrogen-bond donors (Lipinski definition) is 1. The van der Waals surface area contributed by atoms with Crippen molar-refractivity contribution in [2.75, 3.05) is 7.05 Å². The SMILES string of the molecule is CN(Cc1ccncc1)C(=O)NCc1cccnc1Oc1cccc(F)c1. The fraction of sp³-hybridized carbons (Fsp3) is 0.150. The Balaban J connectivity index is 1.61. The van der Waals surface area contributed by atoms with Gasteiger partial charge in [0, 0.05) is 50.4 Å². The van der Waals surface area contributed by atoms with Gasteiger partial charge >= 0.3 is 6.03 Å². The molecule has 0 unspecified atom stereocenters. The summed E-state index contributed by atoms with van der Waals surface area (Å²) < 4.78 is 19.0. The van der Waals surface area contributed by atoms with Crippen molar-refractivity contribution >= 4 is 6.03 Å². The van der Waals surface area contributed by atoms with Crippen LogP contribution in [-0.4, -0.2) is 27.9 Å². The Morgan fingerprint density at radius 1 is 1.15 bits per heavy atom. The smallest absolute Gasteiger partial charge is 0.317 e. The van der Waals surface area contributed by atoms with Gasteiger partial charge in [-0.1, -0.05) is 12.1 Å². The van der Waals surface area contributed by atoms with E-state index in [1.54, 1.807) is 54.8 Å². The number of carbonyl (C=O) groups excluding carboxylic acids is 1. The zero-order valence-corrected chi connectivity index (χ0v) is 14.8. The average molecular weight is 366 g/mol. The van der Waals surface area contributed by atoms with Gasteiger partial charge in [-0.15, -0.1) is 0 Å². The molecule has 0 aliphatic carbocycles. The van der Waals surface area contributed by atoms with Crippen LogP contribution in [0.1, 0.15) is 11.1 Å². The van der Waals surface area contributed by atoms with Crippen LogP contribution in [-0.2, 0) is 13.1 Å². The molecule has 0 saturated heterocycles. The molecule has 0 radical (unpaired) electrons. The maximum atomic E-state index is 13.3. The van der Waals surface area contributed by atoms with Crippen molar-refractivity contribution in [3.05, 3.63) is 84.1 Å². The third kappa shape index (κ3) is 5.24. The molecule has 1 N–H and O–H groups in total. The minimum atomic E-state index is -0.393. The number of urea groups is 1. The lowest BCUT2D eigenvalue weighted by molar-refractivity contribution is 0.206. The number of halogens is 1. The average Bonchev–Trinajstić information content (AvgIpc) is 2.68. The van der Waals surface area contributed by atoms with Crippen LogP contribution >= 0.6 is 0 Å². The molecule has 2 amide bonds. The van der Waals surface area contributed by atoms with Crippen molar-refractivity contribution in [2.45, 2.75) is 13.1 Å². The molecule has 0 aliphatic rings. The first-order valence-corrected chi connectivity index (χ1v) is 8.37. The van der Waals surface area contributed by atoms with Gasteiger partial charge in [-0.3, -0.25) is 4.98 Å². The van der Waals surface area contributed by atoms with Crippen molar-refractivity contribution in [3.63, 3.8) is 0 Å². The van der Waals surface area contributed by atoms with Gasteiger partial charge in [0.1, 0.15) is 11.6 Å². The predicted molar refractivity (Wildman–Crippen MR) is 98.7 cm³/mol. The lowest BCUT2D eigenvalue weighted by Gasteiger charge is -2.18. The fourth-order valence-corrected chi connectivity index (χ4v) is 2.43. The van der Waals surface area contributed by atoms with Gasteiger partial charge in [-0.2, -0.15) is 0 Å². The third-order valence-electron chi connectivity index (χ3n) is 3.81. The van der Waals surface area contributed by atoms with Crippen LogP contribution in [0, 0.1) is 5.82 Å². The molecule has 0 aliphatic heterocycles. The molecular formula is C20H19FN4O2. The van der Waals surface area contributed by atoms with E-state index in [2.05, 4.69) is 15.3 Å². The topological polar surface area (TPSA) is 67.4 Å². The molecule has 1 aromatic carbocycles. The first kappa shape index (κ1) is 18.3. The van der Waals surface area contributed by atoms with Crippen LogP contribution < -0.4 is 10.1 Å². The summed E-state index contributed by atoms with van der Waals surface area (Å²) in [5.41, 5.74) is 1.67. The van der Waals surface area contributed by atoms with E-state index in [1.165, 1.54) is 12.1 Å². The standard InChI is InChI=1S/C20H19FN4O2/c1-25(14-15-7-10-22-11-8-15)20(26)24-13-16-4-3-9-23-19(16)27-18-6-2-5-17(21)12-18/h2-12H,13-14H2,1H3,(H,24,26). The summed E-state index contributed by atoms with van der Waals surface area (Å²) in [5, 5.41) is 2.83. The minimum Gasteiger partial charge on any atom is -0.439 e. The predicted octanol–water partition coefficient (Wildman–Crippen LogP) is 3.75. The van der Waals surface area contributed by atoms with E-state index in [9.17, 15) is 9.18 Å². The number of hydrogen-bond acceptors (Lipinski definition) is 4. The lowest BCUT2D eigenvalue weighted by Crippen LogP contribution is -2.36. The number of pyridine rings is 2. The number of rotatable bonds is 6. The number of amides is 2. The van der Waals surface area contributed by atoms with Crippen LogP contribution in [0.15, 0.2) is 67.1 Å². The Kier molecular flexibility index (Phi) is 5.94. The van der Waals surface area contributed by atoms with E-state index < -0.39 is 5.82 Å². The van der Waals surface area contributed by atoms with Gasteiger partial charge in [0.15, 0.2) is 0 Å². The molecule has 3 aromatic rings. The Hall–Kier alpha value is -3.48. The summed E-state index contributed by atoms with van der Waals surface area (Å²) in [6, 6.07) is 12.8. The maximum absolute atomic E-state index is 13.3. The quantitative estimate of drug-likeness (QED) is 0.721.